The number of nitrogen functional groups attached to an aromatic ring is 1. The standard InChI is InChI=1S/C10H15F3N6O2/c1-6-7(19(20)21)8(17-9(16-6)18-14)15-5-3-2-4-10(11,12)13/h2-5,14H2,1H3,(H2,15,16,17,18). The lowest BCUT2D eigenvalue weighted by molar-refractivity contribution is -0.385. The fraction of sp³-hybridized carbons (Fsp3) is 0.600. The molecule has 0 radical (unpaired) electrons. The van der Waals surface area contributed by atoms with Crippen molar-refractivity contribution < 1.29 is 18.1 Å². The number of unbranched alkanes of at least 4 members (excludes halogenated alkanes) is 1. The van der Waals surface area contributed by atoms with E-state index in [-0.39, 0.29) is 42.5 Å². The number of halogens is 3. The Balaban J connectivity index is 2.69. The van der Waals surface area contributed by atoms with Gasteiger partial charge >= 0.3 is 11.9 Å². The lowest BCUT2D eigenvalue weighted by Crippen LogP contribution is -2.15. The summed E-state index contributed by atoms with van der Waals surface area (Å²) < 4.78 is 35.9. The molecule has 0 fully saturated rings. The van der Waals surface area contributed by atoms with E-state index in [2.05, 4.69) is 20.7 Å². The molecule has 4 N–H and O–H groups in total. The quantitative estimate of drug-likeness (QED) is 0.305. The molecule has 1 heterocycles. The van der Waals surface area contributed by atoms with Gasteiger partial charge in [-0.15, -0.1) is 0 Å². The minimum Gasteiger partial charge on any atom is -0.364 e. The average molecular weight is 308 g/mol. The molecule has 0 bridgehead atoms. The summed E-state index contributed by atoms with van der Waals surface area (Å²) in [6.07, 6.45) is -4.97. The molecule has 0 saturated carbocycles. The molecule has 0 spiro atoms. The van der Waals surface area contributed by atoms with Crippen molar-refractivity contribution in [1.29, 1.82) is 0 Å². The van der Waals surface area contributed by atoms with Crippen LogP contribution in [0.4, 0.5) is 30.6 Å². The smallest absolute Gasteiger partial charge is 0.364 e. The molecule has 0 aliphatic carbocycles. The molecule has 1 rings (SSSR count). The van der Waals surface area contributed by atoms with E-state index >= 15 is 0 Å². The van der Waals surface area contributed by atoms with Gasteiger partial charge < -0.3 is 5.32 Å². The zero-order valence-electron chi connectivity index (χ0n) is 11.2. The van der Waals surface area contributed by atoms with Crippen LogP contribution in [0.3, 0.4) is 0 Å². The van der Waals surface area contributed by atoms with E-state index in [0.717, 1.165) is 0 Å². The summed E-state index contributed by atoms with van der Waals surface area (Å²) in [5.41, 5.74) is 1.93. The summed E-state index contributed by atoms with van der Waals surface area (Å²) in [6, 6.07) is 0. The molecule has 0 atom stereocenters. The highest BCUT2D eigenvalue weighted by atomic mass is 19.4. The maximum Gasteiger partial charge on any atom is 0.389 e. The Morgan fingerprint density at radius 2 is 2.00 bits per heavy atom. The summed E-state index contributed by atoms with van der Waals surface area (Å²) in [7, 11) is 0. The Hall–Kier alpha value is -2.17. The lowest BCUT2D eigenvalue weighted by atomic mass is 10.2. The van der Waals surface area contributed by atoms with Crippen LogP contribution in [0.25, 0.3) is 0 Å². The van der Waals surface area contributed by atoms with Crippen LogP contribution in [0, 0.1) is 17.0 Å². The summed E-state index contributed by atoms with van der Waals surface area (Å²) in [4.78, 5) is 17.9. The van der Waals surface area contributed by atoms with Crippen LogP contribution in [-0.2, 0) is 0 Å². The highest BCUT2D eigenvalue weighted by molar-refractivity contribution is 5.60. The number of nitro groups is 1. The van der Waals surface area contributed by atoms with Crippen LogP contribution < -0.4 is 16.6 Å². The number of nitrogens with two attached hydrogens (primary N) is 1. The van der Waals surface area contributed by atoms with Crippen LogP contribution in [0.15, 0.2) is 0 Å². The topological polar surface area (TPSA) is 119 Å². The molecule has 21 heavy (non-hydrogen) atoms. The first-order valence-electron chi connectivity index (χ1n) is 6.05. The third-order valence-corrected chi connectivity index (χ3v) is 2.55. The van der Waals surface area contributed by atoms with E-state index in [1.807, 2.05) is 0 Å². The van der Waals surface area contributed by atoms with E-state index in [1.54, 1.807) is 0 Å². The monoisotopic (exact) mass is 308 g/mol. The highest BCUT2D eigenvalue weighted by Crippen LogP contribution is 2.26. The molecule has 8 nitrogen and oxygen atoms in total. The number of aromatic nitrogens is 2. The summed E-state index contributed by atoms with van der Waals surface area (Å²) in [5.74, 6) is 5.05. The number of rotatable bonds is 7. The van der Waals surface area contributed by atoms with Crippen molar-refractivity contribution in [3.63, 3.8) is 0 Å². The van der Waals surface area contributed by atoms with Crippen LogP contribution in [0.5, 0.6) is 0 Å². The molecule has 0 amide bonds. The Labute approximate surface area is 118 Å². The fourth-order valence-electron chi connectivity index (χ4n) is 1.63. The largest absolute Gasteiger partial charge is 0.389 e. The predicted octanol–water partition coefficient (Wildman–Crippen LogP) is 2.12. The summed E-state index contributed by atoms with van der Waals surface area (Å²) in [6.45, 7) is 1.53. The van der Waals surface area contributed by atoms with Crippen LogP contribution in [0.1, 0.15) is 25.0 Å². The first-order chi connectivity index (χ1) is 9.74. The van der Waals surface area contributed by atoms with Crippen molar-refractivity contribution in [3.05, 3.63) is 15.8 Å². The van der Waals surface area contributed by atoms with Gasteiger partial charge in [0.05, 0.1) is 4.92 Å². The third-order valence-electron chi connectivity index (χ3n) is 2.55. The van der Waals surface area contributed by atoms with E-state index < -0.39 is 17.5 Å². The van der Waals surface area contributed by atoms with Crippen molar-refractivity contribution >= 4 is 17.5 Å². The van der Waals surface area contributed by atoms with Gasteiger partial charge in [0.25, 0.3) is 0 Å². The van der Waals surface area contributed by atoms with E-state index in [1.165, 1.54) is 6.92 Å². The lowest BCUT2D eigenvalue weighted by Gasteiger charge is -2.10. The number of hydrogen-bond acceptors (Lipinski definition) is 7. The summed E-state index contributed by atoms with van der Waals surface area (Å²) >= 11 is 0. The maximum atomic E-state index is 12.0. The molecule has 0 unspecified atom stereocenters. The number of nitrogens with one attached hydrogen (secondary N) is 2. The normalized spacial score (nSPS) is 11.3. The molecule has 1 aromatic heterocycles. The molecule has 0 aliphatic heterocycles. The first kappa shape index (κ1) is 16.9. The third kappa shape index (κ3) is 5.38. The summed E-state index contributed by atoms with van der Waals surface area (Å²) in [5, 5.41) is 13.6. The van der Waals surface area contributed by atoms with Gasteiger partial charge in [-0.3, -0.25) is 15.5 Å². The number of nitrogens with zero attached hydrogens (tertiary/aromatic N) is 3. The van der Waals surface area contributed by atoms with Crippen molar-refractivity contribution in [3.8, 4) is 0 Å². The zero-order valence-corrected chi connectivity index (χ0v) is 11.2. The van der Waals surface area contributed by atoms with Crippen molar-refractivity contribution in [2.75, 3.05) is 17.3 Å². The Morgan fingerprint density at radius 1 is 1.33 bits per heavy atom. The second-order valence-electron chi connectivity index (χ2n) is 4.23. The van der Waals surface area contributed by atoms with Crippen molar-refractivity contribution in [1.82, 2.24) is 9.97 Å². The van der Waals surface area contributed by atoms with Gasteiger partial charge in [0.15, 0.2) is 0 Å². The molecule has 0 aromatic carbocycles. The average Bonchev–Trinajstić information content (AvgIpc) is 2.35. The highest BCUT2D eigenvalue weighted by Gasteiger charge is 2.26. The molecular weight excluding hydrogens is 293 g/mol. The zero-order chi connectivity index (χ0) is 16.0. The van der Waals surface area contributed by atoms with Crippen molar-refractivity contribution in [2.24, 2.45) is 5.84 Å². The minimum absolute atomic E-state index is 0.0177. The van der Waals surface area contributed by atoms with E-state index in [9.17, 15) is 23.3 Å². The number of hydrogen-bond donors (Lipinski definition) is 3. The molecule has 0 saturated heterocycles. The van der Waals surface area contributed by atoms with Gasteiger partial charge in [-0.2, -0.15) is 18.2 Å². The molecule has 118 valence electrons. The van der Waals surface area contributed by atoms with Gasteiger partial charge in [0.1, 0.15) is 5.69 Å². The molecular formula is C10H15F3N6O2. The van der Waals surface area contributed by atoms with E-state index in [4.69, 9.17) is 5.84 Å². The van der Waals surface area contributed by atoms with Crippen molar-refractivity contribution in [2.45, 2.75) is 32.4 Å². The molecule has 1 aromatic rings. The van der Waals surface area contributed by atoms with Gasteiger partial charge in [-0.1, -0.05) is 0 Å². The Kier molecular flexibility index (Phi) is 5.64. The second kappa shape index (κ2) is 7.02. The number of aryl methyl sites for hydroxylation is 1. The van der Waals surface area contributed by atoms with Crippen LogP contribution >= 0.6 is 0 Å². The number of alkyl halides is 3. The van der Waals surface area contributed by atoms with Crippen LogP contribution in [-0.4, -0.2) is 27.6 Å². The predicted molar refractivity (Wildman–Crippen MR) is 69.6 cm³/mol. The fourth-order valence-corrected chi connectivity index (χ4v) is 1.63. The minimum atomic E-state index is -4.20. The van der Waals surface area contributed by atoms with Crippen LogP contribution in [0.2, 0.25) is 0 Å². The van der Waals surface area contributed by atoms with E-state index in [0.29, 0.717) is 0 Å². The Bertz CT molecular complexity index is 508. The second-order valence-corrected chi connectivity index (χ2v) is 4.23. The first-order valence-corrected chi connectivity index (χ1v) is 6.05. The van der Waals surface area contributed by atoms with Gasteiger partial charge in [0, 0.05) is 13.0 Å². The SMILES string of the molecule is Cc1nc(NN)nc(NCCCCC(F)(F)F)c1[N+](=O)[O-]. The Morgan fingerprint density at radius 3 is 2.52 bits per heavy atom. The number of anilines is 2. The van der Waals surface area contributed by atoms with Gasteiger partial charge in [-0.25, -0.2) is 10.8 Å². The van der Waals surface area contributed by atoms with Gasteiger partial charge in [0.2, 0.25) is 11.8 Å². The molecule has 0 aliphatic rings. The maximum absolute atomic E-state index is 12.0. The number of hydrazine groups is 1. The van der Waals surface area contributed by atoms with Gasteiger partial charge in [-0.05, 0) is 19.8 Å². The molecule has 11 heteroatoms.